The van der Waals surface area contributed by atoms with E-state index in [9.17, 15) is 14.7 Å². The minimum Gasteiger partial charge on any atom is -0.481 e. The van der Waals surface area contributed by atoms with E-state index in [0.717, 1.165) is 0 Å². The summed E-state index contributed by atoms with van der Waals surface area (Å²) in [4.78, 5) is 24.8. The highest BCUT2D eigenvalue weighted by molar-refractivity contribution is 5.79. The highest BCUT2D eigenvalue weighted by atomic mass is 16.5. The van der Waals surface area contributed by atoms with Gasteiger partial charge in [0.05, 0.1) is 18.6 Å². The molecule has 0 bridgehead atoms. The van der Waals surface area contributed by atoms with Gasteiger partial charge in [-0.3, -0.25) is 9.59 Å². The van der Waals surface area contributed by atoms with E-state index in [1.54, 1.807) is 12.0 Å². The lowest BCUT2D eigenvalue weighted by atomic mass is 9.76. The molecule has 0 unspecified atom stereocenters. The fourth-order valence-corrected chi connectivity index (χ4v) is 2.30. The second-order valence-electron chi connectivity index (χ2n) is 4.87. The molecule has 0 atom stereocenters. The van der Waals surface area contributed by atoms with Crippen LogP contribution >= 0.6 is 0 Å². The van der Waals surface area contributed by atoms with Crippen molar-refractivity contribution in [2.75, 3.05) is 40.0 Å². The minimum atomic E-state index is -0.751. The van der Waals surface area contributed by atoms with Crippen LogP contribution in [0.5, 0.6) is 0 Å². The quantitative estimate of drug-likeness (QED) is 0.693. The Hall–Kier alpha value is -1.14. The van der Waals surface area contributed by atoms with Gasteiger partial charge in [-0.1, -0.05) is 6.92 Å². The number of hydrogen-bond acceptors (Lipinski definition) is 4. The Morgan fingerprint density at radius 1 is 1.26 bits per heavy atom. The Bertz CT molecular complexity index is 310. The van der Waals surface area contributed by atoms with E-state index < -0.39 is 11.4 Å². The van der Waals surface area contributed by atoms with Crippen LogP contribution in [-0.2, 0) is 19.1 Å². The van der Waals surface area contributed by atoms with Crippen molar-refractivity contribution in [3.63, 3.8) is 0 Å². The average molecular weight is 273 g/mol. The van der Waals surface area contributed by atoms with E-state index >= 15 is 0 Å². The standard InChI is InChI=1S/C13H23NO5/c1-3-13(12(16)17)4-6-14(7-5-13)11(15)10-19-9-8-18-2/h3-10H2,1-2H3,(H,16,17). The molecule has 0 aromatic rings. The lowest BCUT2D eigenvalue weighted by molar-refractivity contribution is -0.155. The highest BCUT2D eigenvalue weighted by Crippen LogP contribution is 2.35. The third-order valence-electron chi connectivity index (χ3n) is 3.86. The zero-order chi connectivity index (χ0) is 14.3. The van der Waals surface area contributed by atoms with Gasteiger partial charge in [0.1, 0.15) is 6.61 Å². The van der Waals surface area contributed by atoms with Gasteiger partial charge in [-0.05, 0) is 19.3 Å². The first-order valence-corrected chi connectivity index (χ1v) is 6.63. The van der Waals surface area contributed by atoms with Crippen LogP contribution in [0.3, 0.4) is 0 Å². The number of piperidine rings is 1. The molecule has 6 heteroatoms. The number of aliphatic carboxylic acids is 1. The number of rotatable bonds is 7. The Balaban J connectivity index is 2.36. The molecule has 110 valence electrons. The van der Waals surface area contributed by atoms with E-state index in [4.69, 9.17) is 9.47 Å². The van der Waals surface area contributed by atoms with Crippen LogP contribution in [0.4, 0.5) is 0 Å². The summed E-state index contributed by atoms with van der Waals surface area (Å²) >= 11 is 0. The summed E-state index contributed by atoms with van der Waals surface area (Å²) in [6.45, 7) is 3.77. The van der Waals surface area contributed by atoms with Gasteiger partial charge in [-0.15, -0.1) is 0 Å². The maximum atomic E-state index is 11.8. The van der Waals surface area contributed by atoms with Gasteiger partial charge in [0.15, 0.2) is 0 Å². The number of ether oxygens (including phenoxy) is 2. The molecule has 1 aliphatic rings. The summed E-state index contributed by atoms with van der Waals surface area (Å²) < 4.78 is 10.0. The largest absolute Gasteiger partial charge is 0.481 e. The molecule has 1 heterocycles. The predicted molar refractivity (Wildman–Crippen MR) is 68.9 cm³/mol. The Morgan fingerprint density at radius 3 is 2.37 bits per heavy atom. The molecule has 0 aromatic carbocycles. The van der Waals surface area contributed by atoms with Crippen LogP contribution in [0.25, 0.3) is 0 Å². The van der Waals surface area contributed by atoms with Gasteiger partial charge in [-0.25, -0.2) is 0 Å². The zero-order valence-corrected chi connectivity index (χ0v) is 11.7. The molecule has 1 amide bonds. The highest BCUT2D eigenvalue weighted by Gasteiger charge is 2.40. The normalized spacial score (nSPS) is 18.3. The van der Waals surface area contributed by atoms with Gasteiger partial charge >= 0.3 is 5.97 Å². The Labute approximate surface area is 113 Å². The summed E-state index contributed by atoms with van der Waals surface area (Å²) in [5.41, 5.74) is -0.659. The fourth-order valence-electron chi connectivity index (χ4n) is 2.30. The van der Waals surface area contributed by atoms with E-state index in [1.807, 2.05) is 6.92 Å². The second kappa shape index (κ2) is 7.45. The lowest BCUT2D eigenvalue weighted by Gasteiger charge is -2.38. The van der Waals surface area contributed by atoms with Crippen molar-refractivity contribution in [1.82, 2.24) is 4.90 Å². The van der Waals surface area contributed by atoms with Gasteiger partial charge in [0.25, 0.3) is 0 Å². The van der Waals surface area contributed by atoms with E-state index in [0.29, 0.717) is 45.6 Å². The van der Waals surface area contributed by atoms with E-state index in [2.05, 4.69) is 0 Å². The second-order valence-corrected chi connectivity index (χ2v) is 4.87. The van der Waals surface area contributed by atoms with Crippen LogP contribution in [0, 0.1) is 5.41 Å². The van der Waals surface area contributed by atoms with Gasteiger partial charge in [0, 0.05) is 20.2 Å². The molecule has 19 heavy (non-hydrogen) atoms. The number of methoxy groups -OCH3 is 1. The molecular weight excluding hydrogens is 250 g/mol. The summed E-state index contributed by atoms with van der Waals surface area (Å²) in [6.07, 6.45) is 1.64. The number of carbonyl (C=O) groups is 2. The summed E-state index contributed by atoms with van der Waals surface area (Å²) in [5, 5.41) is 9.27. The van der Waals surface area contributed by atoms with Crippen LogP contribution in [0.2, 0.25) is 0 Å². The van der Waals surface area contributed by atoms with Crippen LogP contribution in [0.15, 0.2) is 0 Å². The van der Waals surface area contributed by atoms with Gasteiger partial charge < -0.3 is 19.5 Å². The topological polar surface area (TPSA) is 76.1 Å². The summed E-state index contributed by atoms with van der Waals surface area (Å²) in [7, 11) is 1.58. The number of carboxylic acids is 1. The predicted octanol–water partition coefficient (Wildman–Crippen LogP) is 0.753. The van der Waals surface area contributed by atoms with Crippen molar-refractivity contribution in [2.45, 2.75) is 26.2 Å². The summed E-state index contributed by atoms with van der Waals surface area (Å²) in [5.74, 6) is -0.829. The summed E-state index contributed by atoms with van der Waals surface area (Å²) in [6, 6.07) is 0. The molecule has 0 saturated carbocycles. The number of hydrogen-bond donors (Lipinski definition) is 1. The Morgan fingerprint density at radius 2 is 1.89 bits per heavy atom. The van der Waals surface area contributed by atoms with Crippen molar-refractivity contribution < 1.29 is 24.2 Å². The van der Waals surface area contributed by atoms with Crippen molar-refractivity contribution in [3.05, 3.63) is 0 Å². The number of carboxylic acid groups (broad SMARTS) is 1. The average Bonchev–Trinajstić information content (AvgIpc) is 2.43. The van der Waals surface area contributed by atoms with E-state index in [1.165, 1.54) is 0 Å². The van der Waals surface area contributed by atoms with Crippen molar-refractivity contribution in [2.24, 2.45) is 5.41 Å². The van der Waals surface area contributed by atoms with Crippen molar-refractivity contribution in [3.8, 4) is 0 Å². The molecule has 0 spiro atoms. The molecule has 0 radical (unpaired) electrons. The lowest BCUT2D eigenvalue weighted by Crippen LogP contribution is -2.47. The first kappa shape index (κ1) is 15.9. The number of carbonyl (C=O) groups excluding carboxylic acids is 1. The van der Waals surface area contributed by atoms with Crippen LogP contribution in [0.1, 0.15) is 26.2 Å². The molecule has 6 nitrogen and oxygen atoms in total. The number of amides is 1. The van der Waals surface area contributed by atoms with Crippen molar-refractivity contribution in [1.29, 1.82) is 0 Å². The third-order valence-corrected chi connectivity index (χ3v) is 3.86. The SMILES string of the molecule is CCC1(C(=O)O)CCN(C(=O)COCCOC)CC1. The first-order valence-electron chi connectivity index (χ1n) is 6.63. The maximum Gasteiger partial charge on any atom is 0.309 e. The molecule has 1 aliphatic heterocycles. The van der Waals surface area contributed by atoms with E-state index in [-0.39, 0.29) is 12.5 Å². The molecule has 0 aromatic heterocycles. The monoisotopic (exact) mass is 273 g/mol. The van der Waals surface area contributed by atoms with Gasteiger partial charge in [0.2, 0.25) is 5.91 Å². The number of nitrogens with zero attached hydrogens (tertiary/aromatic N) is 1. The maximum absolute atomic E-state index is 11.8. The molecular formula is C13H23NO5. The smallest absolute Gasteiger partial charge is 0.309 e. The molecule has 1 fully saturated rings. The molecule has 0 aliphatic carbocycles. The fraction of sp³-hybridized carbons (Fsp3) is 0.846. The number of likely N-dealkylation sites (tertiary alicyclic amines) is 1. The Kier molecular flexibility index (Phi) is 6.24. The van der Waals surface area contributed by atoms with Crippen LogP contribution < -0.4 is 0 Å². The van der Waals surface area contributed by atoms with Crippen LogP contribution in [-0.4, -0.2) is 61.9 Å². The first-order chi connectivity index (χ1) is 9.05. The third kappa shape index (κ3) is 4.18. The molecule has 1 N–H and O–H groups in total. The minimum absolute atomic E-state index is 0.0373. The molecule has 1 rings (SSSR count). The molecule has 1 saturated heterocycles. The van der Waals surface area contributed by atoms with Gasteiger partial charge in [-0.2, -0.15) is 0 Å². The van der Waals surface area contributed by atoms with Crippen molar-refractivity contribution >= 4 is 11.9 Å². The zero-order valence-electron chi connectivity index (χ0n) is 11.7.